The Morgan fingerprint density at radius 2 is 2.00 bits per heavy atom. The van der Waals surface area contributed by atoms with Gasteiger partial charge in [0.2, 0.25) is 0 Å². The van der Waals surface area contributed by atoms with Gasteiger partial charge in [0.05, 0.1) is 5.92 Å². The molecule has 1 nitrogen and oxygen atoms in total. The topological polar surface area (TPSA) is 26.0 Å². The molecule has 0 spiro atoms. The zero-order valence-corrected chi connectivity index (χ0v) is 9.85. The molecule has 1 unspecified atom stereocenters. The number of nitrogens with two attached hydrogens (primary N) is 1. The van der Waals surface area contributed by atoms with Crippen LogP contribution in [0.25, 0.3) is 0 Å². The van der Waals surface area contributed by atoms with Crippen LogP contribution in [0.5, 0.6) is 0 Å². The van der Waals surface area contributed by atoms with Gasteiger partial charge in [0.15, 0.2) is 0 Å². The van der Waals surface area contributed by atoms with Gasteiger partial charge in [-0.05, 0) is 37.0 Å². The van der Waals surface area contributed by atoms with Gasteiger partial charge in [-0.15, -0.1) is 0 Å². The summed E-state index contributed by atoms with van der Waals surface area (Å²) in [5.41, 5.74) is 5.35. The van der Waals surface area contributed by atoms with E-state index < -0.39 is 17.6 Å². The number of hydrogen-bond acceptors (Lipinski definition) is 1. The minimum atomic E-state index is -4.28. The second-order valence-electron chi connectivity index (χ2n) is 4.72. The molecule has 1 atom stereocenters. The Morgan fingerprint density at radius 1 is 1.35 bits per heavy atom. The number of benzene rings is 1. The molecule has 0 radical (unpaired) electrons. The van der Waals surface area contributed by atoms with Crippen molar-refractivity contribution in [1.29, 1.82) is 0 Å². The number of halogens is 4. The molecule has 1 aromatic carbocycles. The maximum Gasteiger partial charge on any atom is 0.395 e. The summed E-state index contributed by atoms with van der Waals surface area (Å²) in [4.78, 5) is 0. The average molecular weight is 264 g/mol. The van der Waals surface area contributed by atoms with E-state index in [1.807, 2.05) is 0 Å². The molecule has 1 fully saturated rings. The number of rotatable bonds is 3. The zero-order valence-electron chi connectivity index (χ0n) is 9.10. The van der Waals surface area contributed by atoms with Crippen LogP contribution in [0.15, 0.2) is 24.3 Å². The van der Waals surface area contributed by atoms with Crippen LogP contribution in [0.3, 0.4) is 0 Å². The summed E-state index contributed by atoms with van der Waals surface area (Å²) in [6.45, 7) is 0. The van der Waals surface area contributed by atoms with Crippen molar-refractivity contribution in [3.63, 3.8) is 0 Å². The van der Waals surface area contributed by atoms with Gasteiger partial charge >= 0.3 is 6.18 Å². The molecule has 0 saturated heterocycles. The summed E-state index contributed by atoms with van der Waals surface area (Å²) >= 11 is 5.73. The highest BCUT2D eigenvalue weighted by molar-refractivity contribution is 6.30. The first kappa shape index (κ1) is 12.7. The zero-order chi connectivity index (χ0) is 12.7. The Morgan fingerprint density at radius 3 is 2.47 bits per heavy atom. The number of alkyl halides is 3. The molecule has 0 heterocycles. The van der Waals surface area contributed by atoms with E-state index in [-0.39, 0.29) is 12.0 Å². The van der Waals surface area contributed by atoms with Crippen molar-refractivity contribution in [1.82, 2.24) is 0 Å². The van der Waals surface area contributed by atoms with Crippen molar-refractivity contribution >= 4 is 11.6 Å². The highest BCUT2D eigenvalue weighted by atomic mass is 35.5. The van der Waals surface area contributed by atoms with E-state index >= 15 is 0 Å². The molecule has 17 heavy (non-hydrogen) atoms. The molecule has 1 aromatic rings. The molecular weight excluding hydrogens is 251 g/mol. The monoisotopic (exact) mass is 263 g/mol. The Hall–Kier alpha value is -0.740. The van der Waals surface area contributed by atoms with Gasteiger partial charge in [-0.25, -0.2) is 0 Å². The van der Waals surface area contributed by atoms with Crippen molar-refractivity contribution in [3.05, 3.63) is 34.9 Å². The molecule has 2 N–H and O–H groups in total. The van der Waals surface area contributed by atoms with Crippen LogP contribution in [-0.4, -0.2) is 11.7 Å². The van der Waals surface area contributed by atoms with E-state index in [1.165, 1.54) is 18.2 Å². The smallest absolute Gasteiger partial charge is 0.325 e. The lowest BCUT2D eigenvalue weighted by Crippen LogP contribution is -2.31. The van der Waals surface area contributed by atoms with E-state index in [2.05, 4.69) is 0 Å². The van der Waals surface area contributed by atoms with Gasteiger partial charge in [-0.3, -0.25) is 0 Å². The fourth-order valence-corrected chi connectivity index (χ4v) is 2.12. The highest BCUT2D eigenvalue weighted by Crippen LogP contribution is 2.47. The van der Waals surface area contributed by atoms with Gasteiger partial charge < -0.3 is 5.73 Å². The van der Waals surface area contributed by atoms with E-state index in [9.17, 15) is 13.2 Å². The summed E-state index contributed by atoms with van der Waals surface area (Å²) in [5, 5.41) is 0.318. The molecule has 94 valence electrons. The largest absolute Gasteiger partial charge is 0.395 e. The molecule has 0 aliphatic heterocycles. The van der Waals surface area contributed by atoms with E-state index in [1.54, 1.807) is 6.07 Å². The van der Waals surface area contributed by atoms with Crippen molar-refractivity contribution in [3.8, 4) is 0 Å². The second kappa shape index (κ2) is 4.18. The molecule has 5 heteroatoms. The first-order chi connectivity index (χ1) is 7.80. The van der Waals surface area contributed by atoms with Crippen molar-refractivity contribution in [2.24, 2.45) is 5.73 Å². The predicted octanol–water partition coefficient (Wildman–Crippen LogP) is 3.87. The molecule has 1 aliphatic rings. The minimum absolute atomic E-state index is 0.0587. The second-order valence-corrected chi connectivity index (χ2v) is 5.15. The third kappa shape index (κ3) is 3.13. The summed E-state index contributed by atoms with van der Waals surface area (Å²) in [7, 11) is 0. The standard InChI is InChI=1S/C12H13ClF3N/c13-9-3-1-2-8(6-9)10(12(14,15)16)7-11(17)4-5-11/h1-3,6,10H,4-5,7,17H2. The van der Waals surface area contributed by atoms with Gasteiger partial charge in [0.25, 0.3) is 0 Å². The first-order valence-corrected chi connectivity index (χ1v) is 5.79. The van der Waals surface area contributed by atoms with Gasteiger partial charge in [-0.1, -0.05) is 23.7 Å². The predicted molar refractivity (Wildman–Crippen MR) is 61.0 cm³/mol. The lowest BCUT2D eigenvalue weighted by molar-refractivity contribution is -0.153. The van der Waals surface area contributed by atoms with Crippen LogP contribution < -0.4 is 5.73 Å². The van der Waals surface area contributed by atoms with Crippen LogP contribution in [0.2, 0.25) is 5.02 Å². The van der Waals surface area contributed by atoms with E-state index in [4.69, 9.17) is 17.3 Å². The summed E-state index contributed by atoms with van der Waals surface area (Å²) < 4.78 is 39.0. The number of hydrogen-bond donors (Lipinski definition) is 1. The summed E-state index contributed by atoms with van der Waals surface area (Å²) in [5.74, 6) is -1.52. The lowest BCUT2D eigenvalue weighted by atomic mass is 9.90. The fraction of sp³-hybridized carbons (Fsp3) is 0.500. The maximum absolute atomic E-state index is 13.0. The quantitative estimate of drug-likeness (QED) is 0.880. The van der Waals surface area contributed by atoms with Crippen LogP contribution >= 0.6 is 11.6 Å². The Labute approximate surface area is 103 Å². The molecule has 1 aliphatic carbocycles. The lowest BCUT2D eigenvalue weighted by Gasteiger charge is -2.23. The van der Waals surface area contributed by atoms with E-state index in [0.717, 1.165) is 0 Å². The molecule has 0 amide bonds. The minimum Gasteiger partial charge on any atom is -0.325 e. The first-order valence-electron chi connectivity index (χ1n) is 5.41. The molecule has 2 rings (SSSR count). The van der Waals surface area contributed by atoms with Crippen LogP contribution in [0.1, 0.15) is 30.7 Å². The van der Waals surface area contributed by atoms with Crippen molar-refractivity contribution in [2.75, 3.05) is 0 Å². The van der Waals surface area contributed by atoms with Crippen LogP contribution in [-0.2, 0) is 0 Å². The van der Waals surface area contributed by atoms with Gasteiger partial charge in [-0.2, -0.15) is 13.2 Å². The average Bonchev–Trinajstić information content (AvgIpc) is 2.92. The third-order valence-corrected chi connectivity index (χ3v) is 3.38. The van der Waals surface area contributed by atoms with Gasteiger partial charge in [0, 0.05) is 10.6 Å². The van der Waals surface area contributed by atoms with Crippen LogP contribution in [0.4, 0.5) is 13.2 Å². The Kier molecular flexibility index (Phi) is 3.12. The molecule has 0 aromatic heterocycles. The van der Waals surface area contributed by atoms with E-state index in [0.29, 0.717) is 17.9 Å². The highest BCUT2D eigenvalue weighted by Gasteiger charge is 2.49. The fourth-order valence-electron chi connectivity index (χ4n) is 1.92. The molecule has 1 saturated carbocycles. The van der Waals surface area contributed by atoms with Crippen molar-refractivity contribution < 1.29 is 13.2 Å². The summed E-state index contributed by atoms with van der Waals surface area (Å²) in [6.07, 6.45) is -3.00. The SMILES string of the molecule is NC1(CC(c2cccc(Cl)c2)C(F)(F)F)CC1. The van der Waals surface area contributed by atoms with Crippen LogP contribution in [0, 0.1) is 0 Å². The third-order valence-electron chi connectivity index (χ3n) is 3.15. The molecular formula is C12H13ClF3N. The summed E-state index contributed by atoms with van der Waals surface area (Å²) in [6, 6.07) is 5.92. The van der Waals surface area contributed by atoms with Gasteiger partial charge in [0.1, 0.15) is 0 Å². The van der Waals surface area contributed by atoms with Crippen molar-refractivity contribution in [2.45, 2.75) is 36.9 Å². The Balaban J connectivity index is 2.26. The maximum atomic E-state index is 13.0. The Bertz CT molecular complexity index is 412. The normalized spacial score (nSPS) is 20.1. The molecule has 0 bridgehead atoms.